The van der Waals surface area contributed by atoms with E-state index in [9.17, 15) is 0 Å². The molecule has 16 heavy (non-hydrogen) atoms. The molecule has 0 bridgehead atoms. The number of nitrogens with one attached hydrogen (secondary N) is 1. The normalized spacial score (nSPS) is 8.00. The highest BCUT2D eigenvalue weighted by Crippen LogP contribution is 1.78. The van der Waals surface area contributed by atoms with E-state index in [1.54, 1.807) is 43.1 Å². The maximum atomic E-state index is 4.46. The van der Waals surface area contributed by atoms with E-state index < -0.39 is 0 Å². The monoisotopic (exact) mass is 213 g/mol. The molecule has 0 spiro atoms. The first kappa shape index (κ1) is 11.7. The van der Waals surface area contributed by atoms with Gasteiger partial charge in [-0.05, 0) is 30.3 Å². The minimum atomic E-state index is 1.57. The molecular weight excluding hydrogens is 202 g/mol. The average Bonchev–Trinajstić information content (AvgIpc) is 3.10. The number of H-pyrrole nitrogens is 1. The predicted octanol–water partition coefficient (Wildman–Crippen LogP) is 2.37. The van der Waals surface area contributed by atoms with Crippen LogP contribution in [0.4, 0.5) is 0 Å². The van der Waals surface area contributed by atoms with Gasteiger partial charge >= 0.3 is 0 Å². The van der Waals surface area contributed by atoms with E-state index in [4.69, 9.17) is 0 Å². The van der Waals surface area contributed by atoms with Gasteiger partial charge in [-0.25, -0.2) is 0 Å². The second-order valence-corrected chi connectivity index (χ2v) is 2.46. The zero-order valence-electron chi connectivity index (χ0n) is 8.58. The lowest BCUT2D eigenvalue weighted by molar-refractivity contribution is 0.558. The van der Waals surface area contributed by atoms with Crippen LogP contribution >= 0.6 is 0 Å². The molecule has 80 valence electrons. The molecule has 0 aliphatic heterocycles. The Morgan fingerprint density at radius 2 is 1.88 bits per heavy atom. The quantitative estimate of drug-likeness (QED) is 0.623. The lowest BCUT2D eigenvalue weighted by atomic mass is 10.5. The van der Waals surface area contributed by atoms with Crippen molar-refractivity contribution >= 4 is 0 Å². The van der Waals surface area contributed by atoms with E-state index in [1.807, 2.05) is 18.2 Å². The topological polar surface area (TPSA) is 54.7 Å². The third kappa shape index (κ3) is 7.08. The van der Waals surface area contributed by atoms with Gasteiger partial charge in [0, 0.05) is 18.6 Å². The number of aromatic amines is 1. The van der Waals surface area contributed by atoms with E-state index in [0.29, 0.717) is 0 Å². The van der Waals surface area contributed by atoms with Gasteiger partial charge in [-0.1, -0.05) is 6.07 Å². The second-order valence-electron chi connectivity index (χ2n) is 2.46. The number of furan rings is 1. The van der Waals surface area contributed by atoms with E-state index in [2.05, 4.69) is 32.1 Å². The lowest BCUT2D eigenvalue weighted by Gasteiger charge is -1.70. The van der Waals surface area contributed by atoms with Crippen LogP contribution in [0.5, 0.6) is 0 Å². The SMILES string of the molecule is [c]1cc[nH]n1.[c]1ccco1.c1ccncc1. The van der Waals surface area contributed by atoms with Crippen molar-refractivity contribution in [2.24, 2.45) is 0 Å². The van der Waals surface area contributed by atoms with Gasteiger partial charge in [0.2, 0.25) is 0 Å². The zero-order chi connectivity index (χ0) is 11.3. The lowest BCUT2D eigenvalue weighted by Crippen LogP contribution is -1.58. The summed E-state index contributed by atoms with van der Waals surface area (Å²) in [5, 5.41) is 6.03. The Hall–Kier alpha value is -2.36. The summed E-state index contributed by atoms with van der Waals surface area (Å²) in [5.41, 5.74) is 0. The van der Waals surface area contributed by atoms with Crippen LogP contribution in [0.2, 0.25) is 0 Å². The van der Waals surface area contributed by atoms with Crippen LogP contribution in [0.15, 0.2) is 65.7 Å². The predicted molar refractivity (Wildman–Crippen MR) is 59.2 cm³/mol. The van der Waals surface area contributed by atoms with Crippen LogP contribution in [0.25, 0.3) is 0 Å². The molecule has 0 aromatic carbocycles. The Bertz CT molecular complexity index is 308. The number of pyridine rings is 1. The van der Waals surface area contributed by atoms with Crippen molar-refractivity contribution in [3.8, 4) is 0 Å². The maximum absolute atomic E-state index is 4.46. The average molecular weight is 213 g/mol. The molecule has 0 atom stereocenters. The molecule has 3 rings (SSSR count). The largest absolute Gasteiger partial charge is 0.461 e. The van der Waals surface area contributed by atoms with Gasteiger partial charge < -0.3 is 4.42 Å². The van der Waals surface area contributed by atoms with Gasteiger partial charge in [-0.15, -0.1) is 0 Å². The van der Waals surface area contributed by atoms with Crippen molar-refractivity contribution in [1.82, 2.24) is 15.2 Å². The summed E-state index contributed by atoms with van der Waals surface area (Å²) in [7, 11) is 0. The Morgan fingerprint density at radius 1 is 1.00 bits per heavy atom. The highest BCUT2D eigenvalue weighted by molar-refractivity contribution is 4.88. The summed E-state index contributed by atoms with van der Waals surface area (Å²) in [5.74, 6) is 0. The molecule has 0 saturated heterocycles. The van der Waals surface area contributed by atoms with Crippen molar-refractivity contribution in [3.63, 3.8) is 0 Å². The number of hydrogen-bond acceptors (Lipinski definition) is 3. The van der Waals surface area contributed by atoms with Gasteiger partial charge in [0.15, 0.2) is 6.26 Å². The van der Waals surface area contributed by atoms with E-state index in [1.165, 1.54) is 0 Å². The molecule has 0 unspecified atom stereocenters. The summed E-state index contributed by atoms with van der Waals surface area (Å²) in [6.45, 7) is 0. The van der Waals surface area contributed by atoms with Gasteiger partial charge in [0.1, 0.15) is 6.20 Å². The molecular formula is C12H11N3O. The molecule has 4 nitrogen and oxygen atoms in total. The molecule has 0 aliphatic carbocycles. The summed E-state index contributed by atoms with van der Waals surface area (Å²) in [4.78, 5) is 3.78. The second kappa shape index (κ2) is 9.21. The molecule has 3 aromatic rings. The first-order valence-corrected chi connectivity index (χ1v) is 4.60. The van der Waals surface area contributed by atoms with Crippen molar-refractivity contribution in [1.29, 1.82) is 0 Å². The number of rotatable bonds is 0. The highest BCUT2D eigenvalue weighted by Gasteiger charge is 1.61. The molecule has 4 heteroatoms. The fourth-order valence-electron chi connectivity index (χ4n) is 0.695. The van der Waals surface area contributed by atoms with Gasteiger partial charge in [0.05, 0.1) is 6.26 Å². The van der Waals surface area contributed by atoms with Crippen molar-refractivity contribution in [3.05, 3.63) is 73.7 Å². The van der Waals surface area contributed by atoms with Crippen LogP contribution in [0.3, 0.4) is 0 Å². The standard InChI is InChI=1S/C5H5N.C4H3O.C3H3N2/c1-2-4-6-5-3-1;2*1-2-4-5-3-1/h1-5H;1-3H;1-2H,(H,4,5). The van der Waals surface area contributed by atoms with Crippen molar-refractivity contribution in [2.45, 2.75) is 0 Å². The zero-order valence-corrected chi connectivity index (χ0v) is 8.58. The highest BCUT2D eigenvalue weighted by atomic mass is 16.3. The van der Waals surface area contributed by atoms with E-state index in [0.717, 1.165) is 0 Å². The first-order chi connectivity index (χ1) is 8.00. The van der Waals surface area contributed by atoms with E-state index in [-0.39, 0.29) is 0 Å². The van der Waals surface area contributed by atoms with Crippen molar-refractivity contribution < 1.29 is 4.42 Å². The molecule has 0 aliphatic rings. The molecule has 0 saturated carbocycles. The number of aromatic nitrogens is 3. The van der Waals surface area contributed by atoms with Crippen LogP contribution in [0.1, 0.15) is 0 Å². The maximum Gasteiger partial charge on any atom is 0.169 e. The first-order valence-electron chi connectivity index (χ1n) is 4.60. The molecule has 0 amide bonds. The molecule has 2 radical (unpaired) electrons. The molecule has 1 N–H and O–H groups in total. The number of hydrogen-bond donors (Lipinski definition) is 1. The third-order valence-corrected chi connectivity index (χ3v) is 1.31. The minimum absolute atomic E-state index is 1.57. The summed E-state index contributed by atoms with van der Waals surface area (Å²) in [6, 6.07) is 10.9. The van der Waals surface area contributed by atoms with Crippen LogP contribution < -0.4 is 0 Å². The molecule has 3 heterocycles. The van der Waals surface area contributed by atoms with Gasteiger partial charge in [-0.2, -0.15) is 5.10 Å². The van der Waals surface area contributed by atoms with Crippen LogP contribution in [0, 0.1) is 12.5 Å². The van der Waals surface area contributed by atoms with E-state index >= 15 is 0 Å². The van der Waals surface area contributed by atoms with Gasteiger partial charge in [0.25, 0.3) is 0 Å². The summed E-state index contributed by atoms with van der Waals surface area (Å²) < 4.78 is 4.46. The van der Waals surface area contributed by atoms with Gasteiger partial charge in [-0.3, -0.25) is 10.1 Å². The third-order valence-electron chi connectivity index (χ3n) is 1.31. The molecule has 0 fully saturated rings. The Labute approximate surface area is 94.0 Å². The Balaban J connectivity index is 0.000000121. The smallest absolute Gasteiger partial charge is 0.169 e. The fraction of sp³-hybridized carbons (Fsp3) is 0. The summed E-state index contributed by atoms with van der Waals surface area (Å²) >= 11 is 0. The van der Waals surface area contributed by atoms with Crippen molar-refractivity contribution in [2.75, 3.05) is 0 Å². The Morgan fingerprint density at radius 3 is 2.06 bits per heavy atom. The number of nitrogens with zero attached hydrogens (tertiary/aromatic N) is 2. The van der Waals surface area contributed by atoms with Crippen LogP contribution in [-0.2, 0) is 0 Å². The minimum Gasteiger partial charge on any atom is -0.461 e. The molecule has 3 aromatic heterocycles. The Kier molecular flexibility index (Phi) is 6.74. The fourth-order valence-corrected chi connectivity index (χ4v) is 0.695. The van der Waals surface area contributed by atoms with Crippen LogP contribution in [-0.4, -0.2) is 15.2 Å². The summed E-state index contributed by atoms with van der Waals surface area (Å²) in [6.07, 6.45) is 11.8.